The Morgan fingerprint density at radius 2 is 2.00 bits per heavy atom. The second-order valence-corrected chi connectivity index (χ2v) is 9.30. The summed E-state index contributed by atoms with van der Waals surface area (Å²) < 4.78 is 26.5. The largest absolute Gasteiger partial charge is 0.481 e. The summed E-state index contributed by atoms with van der Waals surface area (Å²) in [5, 5.41) is 30.5. The number of aliphatic hydroxyl groups is 1. The second kappa shape index (κ2) is 8.57. The lowest BCUT2D eigenvalue weighted by Crippen LogP contribution is -2.20. The van der Waals surface area contributed by atoms with Crippen LogP contribution in [-0.4, -0.2) is 68.0 Å². The predicted octanol–water partition coefficient (Wildman–Crippen LogP) is 1.01. The van der Waals surface area contributed by atoms with Crippen LogP contribution in [0.15, 0.2) is 5.16 Å². The molecule has 0 radical (unpaired) electrons. The third-order valence-corrected chi connectivity index (χ3v) is 6.72. The second-order valence-electron chi connectivity index (χ2n) is 7.30. The number of carboxylic acids is 1. The van der Waals surface area contributed by atoms with E-state index in [0.29, 0.717) is 18.5 Å². The minimum Gasteiger partial charge on any atom is -0.481 e. The summed E-state index contributed by atoms with van der Waals surface area (Å²) in [6.07, 6.45) is 1.53. The normalized spacial score (nSPS) is 22.2. The van der Waals surface area contributed by atoms with Crippen molar-refractivity contribution in [2.24, 2.45) is 5.92 Å². The number of aliphatic carboxylic acids is 1. The number of hydrogen-bond acceptors (Lipinski definition) is 9. The molecule has 0 aromatic carbocycles. The number of nitrogens with zero attached hydrogens (tertiary/aromatic N) is 5. The zero-order chi connectivity index (χ0) is 21.2. The van der Waals surface area contributed by atoms with Gasteiger partial charge in [0.1, 0.15) is 0 Å². The Kier molecular flexibility index (Phi) is 6.32. The molecule has 1 aliphatic rings. The Bertz CT molecular complexity index is 992. The van der Waals surface area contributed by atoms with Gasteiger partial charge in [-0.3, -0.25) is 4.79 Å². The van der Waals surface area contributed by atoms with Crippen LogP contribution in [0.5, 0.6) is 0 Å². The van der Waals surface area contributed by atoms with Gasteiger partial charge in [-0.25, -0.2) is 13.1 Å². The number of aliphatic hydroxyl groups excluding tert-OH is 1. The summed E-state index contributed by atoms with van der Waals surface area (Å²) in [5.74, 6) is -1.52. The van der Waals surface area contributed by atoms with E-state index >= 15 is 0 Å². The number of rotatable bonds is 9. The number of hydrogen-bond donors (Lipinski definition) is 3. The van der Waals surface area contributed by atoms with Gasteiger partial charge in [-0.05, 0) is 25.7 Å². The van der Waals surface area contributed by atoms with Crippen molar-refractivity contribution in [1.82, 2.24) is 25.0 Å². The molecular formula is C17H26N6O5S. The number of aromatic nitrogens is 5. The highest BCUT2D eigenvalue weighted by molar-refractivity contribution is 7.91. The van der Waals surface area contributed by atoms with Gasteiger partial charge >= 0.3 is 5.97 Å². The molecule has 3 atom stereocenters. The minimum absolute atomic E-state index is 0.0923. The first kappa shape index (κ1) is 21.4. The molecule has 2 aromatic heterocycles. The molecule has 3 rings (SSSR count). The molecule has 12 heteroatoms. The number of unbranched alkanes of at least 4 members (excludes halogenated alkanes) is 1. The lowest BCUT2D eigenvalue weighted by Gasteiger charge is -2.15. The maximum absolute atomic E-state index is 12.6. The Labute approximate surface area is 168 Å². The third-order valence-electron chi connectivity index (χ3n) is 5.04. The van der Waals surface area contributed by atoms with Crippen LogP contribution in [0.4, 0.5) is 5.82 Å². The van der Waals surface area contributed by atoms with E-state index in [1.54, 1.807) is 6.92 Å². The van der Waals surface area contributed by atoms with Crippen molar-refractivity contribution in [3.63, 3.8) is 0 Å². The highest BCUT2D eigenvalue weighted by Gasteiger charge is 2.40. The fourth-order valence-corrected chi connectivity index (χ4v) is 4.67. The average molecular weight is 426 g/mol. The van der Waals surface area contributed by atoms with Gasteiger partial charge in [-0.2, -0.15) is 9.97 Å². The predicted molar refractivity (Wildman–Crippen MR) is 104 cm³/mol. The van der Waals surface area contributed by atoms with E-state index in [-0.39, 0.29) is 35.2 Å². The van der Waals surface area contributed by atoms with Crippen LogP contribution in [0.25, 0.3) is 11.2 Å². The Morgan fingerprint density at radius 1 is 1.24 bits per heavy atom. The van der Waals surface area contributed by atoms with Crippen LogP contribution in [0.3, 0.4) is 0 Å². The van der Waals surface area contributed by atoms with E-state index in [9.17, 15) is 23.4 Å². The molecule has 1 saturated carbocycles. The summed E-state index contributed by atoms with van der Waals surface area (Å²) in [5.41, 5.74) is 0.464. The van der Waals surface area contributed by atoms with Crippen molar-refractivity contribution in [1.29, 1.82) is 0 Å². The number of carboxylic acid groups (broad SMARTS) is 1. The maximum atomic E-state index is 12.6. The topological polar surface area (TPSA) is 160 Å². The van der Waals surface area contributed by atoms with Gasteiger partial charge in [0.05, 0.1) is 23.8 Å². The maximum Gasteiger partial charge on any atom is 0.306 e. The van der Waals surface area contributed by atoms with Crippen LogP contribution in [0, 0.1) is 5.92 Å². The molecule has 1 aliphatic carbocycles. The molecule has 0 amide bonds. The number of anilines is 1. The zero-order valence-corrected chi connectivity index (χ0v) is 17.3. The average Bonchev–Trinajstić information content (AvgIpc) is 3.25. The van der Waals surface area contributed by atoms with Crippen LogP contribution in [0.2, 0.25) is 0 Å². The lowest BCUT2D eigenvalue weighted by atomic mass is 10.1. The molecule has 0 bridgehead atoms. The first-order valence-electron chi connectivity index (χ1n) is 9.78. The summed E-state index contributed by atoms with van der Waals surface area (Å²) in [4.78, 5) is 19.7. The molecule has 2 heterocycles. The molecule has 2 aromatic rings. The highest BCUT2D eigenvalue weighted by atomic mass is 32.2. The first-order chi connectivity index (χ1) is 13.8. The van der Waals surface area contributed by atoms with Gasteiger partial charge in [0.25, 0.3) is 5.16 Å². The number of fused-ring (bicyclic) bond motifs is 1. The van der Waals surface area contributed by atoms with Gasteiger partial charge < -0.3 is 15.5 Å². The van der Waals surface area contributed by atoms with E-state index < -0.39 is 33.9 Å². The van der Waals surface area contributed by atoms with E-state index in [1.807, 2.05) is 6.92 Å². The molecule has 3 N–H and O–H groups in total. The van der Waals surface area contributed by atoms with Crippen molar-refractivity contribution in [3.05, 3.63) is 0 Å². The van der Waals surface area contributed by atoms with E-state index in [2.05, 4.69) is 25.6 Å². The molecule has 0 unspecified atom stereocenters. The smallest absolute Gasteiger partial charge is 0.306 e. The summed E-state index contributed by atoms with van der Waals surface area (Å²) in [6, 6.07) is -0.652. The van der Waals surface area contributed by atoms with Gasteiger partial charge in [0.2, 0.25) is 9.84 Å². The van der Waals surface area contributed by atoms with Gasteiger partial charge in [-0.15, -0.1) is 5.10 Å². The van der Waals surface area contributed by atoms with Crippen LogP contribution < -0.4 is 5.32 Å². The van der Waals surface area contributed by atoms with Crippen LogP contribution >= 0.6 is 0 Å². The fraction of sp³-hybridized carbons (Fsp3) is 0.706. The molecule has 29 heavy (non-hydrogen) atoms. The first-order valence-corrected chi connectivity index (χ1v) is 11.4. The lowest BCUT2D eigenvalue weighted by molar-refractivity contribution is -0.141. The standard InChI is InChI=1S/C17H26N6O5S/c1-3-5-6-18-14-13-15(20-17(19-14)29(27,28)7-4-2)23(22-21-13)11-8-10(16(25)26)9-12(11)24/h10-12,24H,3-9H2,1-2H3,(H,25,26)(H,18,19,20)/t10-,11+,12+/m0/s1. The Balaban J connectivity index is 2.08. The van der Waals surface area contributed by atoms with Crippen LogP contribution in [-0.2, 0) is 14.6 Å². The molecule has 0 spiro atoms. The van der Waals surface area contributed by atoms with Crippen molar-refractivity contribution >= 4 is 32.8 Å². The van der Waals surface area contributed by atoms with Crippen molar-refractivity contribution in [3.8, 4) is 0 Å². The minimum atomic E-state index is -3.70. The zero-order valence-electron chi connectivity index (χ0n) is 16.4. The number of sulfone groups is 1. The van der Waals surface area contributed by atoms with E-state index in [4.69, 9.17) is 0 Å². The van der Waals surface area contributed by atoms with Gasteiger partial charge in [-0.1, -0.05) is 25.5 Å². The van der Waals surface area contributed by atoms with Crippen LogP contribution in [0.1, 0.15) is 52.0 Å². The fourth-order valence-electron chi connectivity index (χ4n) is 3.50. The Hall–Kier alpha value is -2.34. The molecule has 0 aliphatic heterocycles. The van der Waals surface area contributed by atoms with E-state index in [1.165, 1.54) is 4.68 Å². The quantitative estimate of drug-likeness (QED) is 0.390. The van der Waals surface area contributed by atoms with Crippen molar-refractivity contribution in [2.45, 2.75) is 63.3 Å². The van der Waals surface area contributed by atoms with Crippen molar-refractivity contribution < 1.29 is 23.4 Å². The van der Waals surface area contributed by atoms with Gasteiger partial charge in [0.15, 0.2) is 17.0 Å². The molecule has 160 valence electrons. The summed E-state index contributed by atoms with van der Waals surface area (Å²) in [7, 11) is -3.70. The highest BCUT2D eigenvalue weighted by Crippen LogP contribution is 2.36. The molecule has 1 fully saturated rings. The molecule has 0 saturated heterocycles. The number of nitrogens with one attached hydrogen (secondary N) is 1. The Morgan fingerprint density at radius 3 is 2.62 bits per heavy atom. The summed E-state index contributed by atoms with van der Waals surface area (Å²) in [6.45, 7) is 4.37. The molecule has 11 nitrogen and oxygen atoms in total. The molecular weight excluding hydrogens is 400 g/mol. The summed E-state index contributed by atoms with van der Waals surface area (Å²) >= 11 is 0. The third kappa shape index (κ3) is 4.32. The SMILES string of the molecule is CCCCNc1nc(S(=O)(=O)CCC)nc2c1nnn2[C@@H]1C[C@H](C(=O)O)C[C@H]1O. The number of carbonyl (C=O) groups is 1. The van der Waals surface area contributed by atoms with Crippen molar-refractivity contribution in [2.75, 3.05) is 17.6 Å². The van der Waals surface area contributed by atoms with E-state index in [0.717, 1.165) is 12.8 Å². The monoisotopic (exact) mass is 426 g/mol. The van der Waals surface area contributed by atoms with Gasteiger partial charge in [0, 0.05) is 6.54 Å².